The highest BCUT2D eigenvalue weighted by molar-refractivity contribution is 5.55. The second-order valence-corrected chi connectivity index (χ2v) is 4.80. The van der Waals surface area contributed by atoms with Crippen LogP contribution in [0.1, 0.15) is 23.8 Å². The van der Waals surface area contributed by atoms with Gasteiger partial charge in [0.25, 0.3) is 0 Å². The first-order valence-electron chi connectivity index (χ1n) is 6.46. The van der Waals surface area contributed by atoms with Crippen LogP contribution < -0.4 is 10.6 Å². The van der Waals surface area contributed by atoms with Crippen LogP contribution in [0.2, 0.25) is 0 Å². The van der Waals surface area contributed by atoms with Gasteiger partial charge in [-0.25, -0.2) is 0 Å². The Morgan fingerprint density at radius 1 is 1.22 bits per heavy atom. The van der Waals surface area contributed by atoms with Crippen LogP contribution in [0.5, 0.6) is 0 Å². The SMILES string of the molecule is NC(CN1CCCc2ccccc21)c1ccco1. The number of furan rings is 1. The number of hydrogen-bond acceptors (Lipinski definition) is 3. The summed E-state index contributed by atoms with van der Waals surface area (Å²) in [5.74, 6) is 0.859. The van der Waals surface area contributed by atoms with Crippen LogP contribution >= 0.6 is 0 Å². The van der Waals surface area contributed by atoms with E-state index in [0.717, 1.165) is 18.8 Å². The highest BCUT2D eigenvalue weighted by atomic mass is 16.3. The molecule has 1 unspecified atom stereocenters. The van der Waals surface area contributed by atoms with E-state index < -0.39 is 0 Å². The van der Waals surface area contributed by atoms with Gasteiger partial charge in [0.1, 0.15) is 5.76 Å². The lowest BCUT2D eigenvalue weighted by Gasteiger charge is -2.32. The Hall–Kier alpha value is -1.74. The molecular formula is C15H18N2O. The van der Waals surface area contributed by atoms with Gasteiger partial charge in [-0.1, -0.05) is 18.2 Å². The molecule has 2 N–H and O–H groups in total. The minimum atomic E-state index is -0.0637. The molecule has 0 aliphatic carbocycles. The van der Waals surface area contributed by atoms with Gasteiger partial charge in [0.15, 0.2) is 0 Å². The molecule has 3 nitrogen and oxygen atoms in total. The number of benzene rings is 1. The van der Waals surface area contributed by atoms with Crippen molar-refractivity contribution in [1.29, 1.82) is 0 Å². The van der Waals surface area contributed by atoms with Crippen LogP contribution in [-0.2, 0) is 6.42 Å². The van der Waals surface area contributed by atoms with Crippen LogP contribution in [0.25, 0.3) is 0 Å². The van der Waals surface area contributed by atoms with Crippen molar-refractivity contribution in [2.45, 2.75) is 18.9 Å². The Labute approximate surface area is 107 Å². The topological polar surface area (TPSA) is 42.4 Å². The highest BCUT2D eigenvalue weighted by Crippen LogP contribution is 2.28. The number of rotatable bonds is 3. The molecular weight excluding hydrogens is 224 g/mol. The minimum Gasteiger partial charge on any atom is -0.468 e. The Morgan fingerprint density at radius 2 is 2.11 bits per heavy atom. The van der Waals surface area contributed by atoms with E-state index in [4.69, 9.17) is 10.2 Å². The summed E-state index contributed by atoms with van der Waals surface area (Å²) in [4.78, 5) is 2.37. The minimum absolute atomic E-state index is 0.0637. The molecule has 1 aliphatic heterocycles. The third-order valence-corrected chi connectivity index (χ3v) is 3.53. The lowest BCUT2D eigenvalue weighted by atomic mass is 10.0. The number of para-hydroxylation sites is 1. The zero-order chi connectivity index (χ0) is 12.4. The van der Waals surface area contributed by atoms with E-state index in [0.29, 0.717) is 0 Å². The number of fused-ring (bicyclic) bond motifs is 1. The zero-order valence-corrected chi connectivity index (χ0v) is 10.4. The lowest BCUT2D eigenvalue weighted by molar-refractivity contribution is 0.460. The summed E-state index contributed by atoms with van der Waals surface area (Å²) >= 11 is 0. The van der Waals surface area contributed by atoms with Gasteiger partial charge in [-0.15, -0.1) is 0 Å². The molecule has 1 aliphatic rings. The van der Waals surface area contributed by atoms with Gasteiger partial charge in [-0.3, -0.25) is 0 Å². The summed E-state index contributed by atoms with van der Waals surface area (Å²) in [7, 11) is 0. The van der Waals surface area contributed by atoms with E-state index in [2.05, 4.69) is 29.2 Å². The fraction of sp³-hybridized carbons (Fsp3) is 0.333. The molecule has 3 heteroatoms. The Morgan fingerprint density at radius 3 is 2.94 bits per heavy atom. The average molecular weight is 242 g/mol. The molecule has 2 aromatic rings. The van der Waals surface area contributed by atoms with Crippen LogP contribution in [0.15, 0.2) is 47.1 Å². The Bertz CT molecular complexity index is 507. The molecule has 1 aromatic carbocycles. The molecule has 2 heterocycles. The van der Waals surface area contributed by atoms with Crippen molar-refractivity contribution in [1.82, 2.24) is 0 Å². The average Bonchev–Trinajstić information content (AvgIpc) is 2.93. The molecule has 0 spiro atoms. The summed E-state index contributed by atoms with van der Waals surface area (Å²) < 4.78 is 5.37. The normalized spacial score (nSPS) is 16.4. The standard InChI is InChI=1S/C15H18N2O/c16-13(15-8-4-10-18-15)11-17-9-3-6-12-5-1-2-7-14(12)17/h1-2,4-5,7-8,10,13H,3,6,9,11,16H2. The monoisotopic (exact) mass is 242 g/mol. The quantitative estimate of drug-likeness (QED) is 0.900. The van der Waals surface area contributed by atoms with Crippen molar-refractivity contribution in [3.05, 3.63) is 54.0 Å². The van der Waals surface area contributed by atoms with E-state index in [1.807, 2.05) is 12.1 Å². The second-order valence-electron chi connectivity index (χ2n) is 4.80. The molecule has 3 rings (SSSR count). The highest BCUT2D eigenvalue weighted by Gasteiger charge is 2.19. The molecule has 0 saturated heterocycles. The van der Waals surface area contributed by atoms with Crippen LogP contribution in [0, 0.1) is 0 Å². The van der Waals surface area contributed by atoms with Gasteiger partial charge in [0, 0.05) is 18.8 Å². The van der Waals surface area contributed by atoms with Crippen LogP contribution in [-0.4, -0.2) is 13.1 Å². The molecule has 0 amide bonds. The fourth-order valence-corrected chi connectivity index (χ4v) is 2.63. The summed E-state index contributed by atoms with van der Waals surface area (Å²) in [5.41, 5.74) is 8.94. The molecule has 18 heavy (non-hydrogen) atoms. The van der Waals surface area contributed by atoms with E-state index in [1.165, 1.54) is 24.1 Å². The summed E-state index contributed by atoms with van der Waals surface area (Å²) in [6.45, 7) is 1.88. The number of nitrogens with zero attached hydrogens (tertiary/aromatic N) is 1. The van der Waals surface area contributed by atoms with Gasteiger partial charge in [0.2, 0.25) is 0 Å². The molecule has 0 radical (unpaired) electrons. The second kappa shape index (κ2) is 4.86. The Balaban J connectivity index is 1.78. The van der Waals surface area contributed by atoms with Crippen molar-refractivity contribution >= 4 is 5.69 Å². The smallest absolute Gasteiger partial charge is 0.122 e. The predicted octanol–water partition coefficient (Wildman–Crippen LogP) is 2.73. The maximum absolute atomic E-state index is 6.19. The Kier molecular flexibility index (Phi) is 3.07. The zero-order valence-electron chi connectivity index (χ0n) is 10.4. The molecule has 0 bridgehead atoms. The summed E-state index contributed by atoms with van der Waals surface area (Å²) in [6.07, 6.45) is 4.05. The van der Waals surface area contributed by atoms with Gasteiger partial charge < -0.3 is 15.1 Å². The number of anilines is 1. The largest absolute Gasteiger partial charge is 0.468 e. The third kappa shape index (κ3) is 2.14. The van der Waals surface area contributed by atoms with Crippen molar-refractivity contribution in [2.75, 3.05) is 18.0 Å². The molecule has 1 atom stereocenters. The molecule has 0 saturated carbocycles. The molecule has 1 aromatic heterocycles. The number of hydrogen-bond donors (Lipinski definition) is 1. The van der Waals surface area contributed by atoms with Crippen LogP contribution in [0.3, 0.4) is 0 Å². The van der Waals surface area contributed by atoms with E-state index in [9.17, 15) is 0 Å². The summed E-state index contributed by atoms with van der Waals surface area (Å²) in [5, 5.41) is 0. The number of aryl methyl sites for hydroxylation is 1. The molecule has 0 fully saturated rings. The van der Waals surface area contributed by atoms with Gasteiger partial charge >= 0.3 is 0 Å². The first-order chi connectivity index (χ1) is 8.84. The van der Waals surface area contributed by atoms with Crippen molar-refractivity contribution < 1.29 is 4.42 Å². The maximum Gasteiger partial charge on any atom is 0.122 e. The van der Waals surface area contributed by atoms with Gasteiger partial charge in [-0.05, 0) is 36.6 Å². The first kappa shape index (κ1) is 11.4. The predicted molar refractivity (Wildman–Crippen MR) is 72.6 cm³/mol. The molecule has 94 valence electrons. The number of nitrogens with two attached hydrogens (primary N) is 1. The van der Waals surface area contributed by atoms with Crippen LogP contribution in [0.4, 0.5) is 5.69 Å². The van der Waals surface area contributed by atoms with E-state index in [1.54, 1.807) is 6.26 Å². The van der Waals surface area contributed by atoms with Gasteiger partial charge in [-0.2, -0.15) is 0 Å². The summed E-state index contributed by atoms with van der Waals surface area (Å²) in [6, 6.07) is 12.4. The third-order valence-electron chi connectivity index (χ3n) is 3.53. The van der Waals surface area contributed by atoms with Crippen molar-refractivity contribution in [3.8, 4) is 0 Å². The fourth-order valence-electron chi connectivity index (χ4n) is 2.63. The van der Waals surface area contributed by atoms with E-state index >= 15 is 0 Å². The van der Waals surface area contributed by atoms with Crippen molar-refractivity contribution in [2.24, 2.45) is 5.73 Å². The maximum atomic E-state index is 6.19. The first-order valence-corrected chi connectivity index (χ1v) is 6.46. The van der Waals surface area contributed by atoms with Crippen molar-refractivity contribution in [3.63, 3.8) is 0 Å². The lowest BCUT2D eigenvalue weighted by Crippen LogP contribution is -2.35. The van der Waals surface area contributed by atoms with Gasteiger partial charge in [0.05, 0.1) is 12.3 Å². The van der Waals surface area contributed by atoms with E-state index in [-0.39, 0.29) is 6.04 Å².